The van der Waals surface area contributed by atoms with E-state index in [1.165, 1.54) is 32.8 Å². The van der Waals surface area contributed by atoms with Crippen LogP contribution in [0.5, 0.6) is 0 Å². The third kappa shape index (κ3) is 3.26. The third-order valence-electron chi connectivity index (χ3n) is 2.88. The lowest BCUT2D eigenvalue weighted by molar-refractivity contribution is -0.127. The van der Waals surface area contributed by atoms with E-state index in [1.54, 1.807) is 0 Å². The van der Waals surface area contributed by atoms with Crippen molar-refractivity contribution in [3.63, 3.8) is 0 Å². The Morgan fingerprint density at radius 2 is 1.95 bits per heavy atom. The van der Waals surface area contributed by atoms with Gasteiger partial charge in [-0.15, -0.1) is 0 Å². The maximum absolute atomic E-state index is 13.4. The standard InChI is InChI=1S/C12H18FN3O3S/c1-7-5-9(13)11(14)8(2)12(7)20(18,19)15-6-10(17)16(3)4/h5,15H,6,14H2,1-4H3. The Hall–Kier alpha value is -1.67. The highest BCUT2D eigenvalue weighted by atomic mass is 32.2. The topological polar surface area (TPSA) is 92.5 Å². The average Bonchev–Trinajstić information content (AvgIpc) is 2.32. The molecule has 0 aliphatic rings. The number of aryl methyl sites for hydroxylation is 1. The molecule has 0 unspecified atom stereocenters. The fourth-order valence-corrected chi connectivity index (χ4v) is 3.18. The molecule has 1 aromatic rings. The summed E-state index contributed by atoms with van der Waals surface area (Å²) < 4.78 is 40.0. The molecule has 1 rings (SSSR count). The number of carbonyl (C=O) groups excluding carboxylic acids is 1. The van der Waals surface area contributed by atoms with E-state index in [2.05, 4.69) is 4.72 Å². The Balaban J connectivity index is 3.17. The molecule has 3 N–H and O–H groups in total. The van der Waals surface area contributed by atoms with Gasteiger partial charge in [-0.05, 0) is 31.0 Å². The van der Waals surface area contributed by atoms with Gasteiger partial charge >= 0.3 is 0 Å². The number of amides is 1. The molecule has 112 valence electrons. The SMILES string of the molecule is Cc1cc(F)c(N)c(C)c1S(=O)(=O)NCC(=O)N(C)C. The number of nitrogens with one attached hydrogen (secondary N) is 1. The molecule has 0 fully saturated rings. The van der Waals surface area contributed by atoms with E-state index in [1.807, 2.05) is 0 Å². The molecule has 0 aliphatic heterocycles. The minimum atomic E-state index is -3.93. The summed E-state index contributed by atoms with van der Waals surface area (Å²) in [7, 11) is -0.900. The van der Waals surface area contributed by atoms with Gasteiger partial charge in [0.25, 0.3) is 0 Å². The first-order valence-corrected chi connectivity index (χ1v) is 7.31. The van der Waals surface area contributed by atoms with Gasteiger partial charge in [-0.1, -0.05) is 0 Å². The summed E-state index contributed by atoms with van der Waals surface area (Å²) in [5, 5.41) is 0. The van der Waals surface area contributed by atoms with Crippen molar-refractivity contribution in [1.82, 2.24) is 9.62 Å². The lowest BCUT2D eigenvalue weighted by Gasteiger charge is -2.15. The number of hydrogen-bond donors (Lipinski definition) is 2. The summed E-state index contributed by atoms with van der Waals surface area (Å²) >= 11 is 0. The number of hydrogen-bond acceptors (Lipinski definition) is 4. The molecule has 8 heteroatoms. The van der Waals surface area contributed by atoms with E-state index < -0.39 is 15.8 Å². The second-order valence-corrected chi connectivity index (χ2v) is 6.36. The molecule has 0 saturated carbocycles. The number of halogens is 1. The Labute approximate surface area is 117 Å². The van der Waals surface area contributed by atoms with Gasteiger partial charge in [0.15, 0.2) is 0 Å². The maximum atomic E-state index is 13.4. The first kappa shape index (κ1) is 16.4. The molecule has 6 nitrogen and oxygen atoms in total. The van der Waals surface area contributed by atoms with E-state index in [0.29, 0.717) is 0 Å². The summed E-state index contributed by atoms with van der Waals surface area (Å²) in [5.74, 6) is -1.05. The Morgan fingerprint density at radius 3 is 2.45 bits per heavy atom. The molecule has 0 bridgehead atoms. The molecule has 0 atom stereocenters. The Kier molecular flexibility index (Phi) is 4.72. The Morgan fingerprint density at radius 1 is 1.40 bits per heavy atom. The van der Waals surface area contributed by atoms with Crippen molar-refractivity contribution < 1.29 is 17.6 Å². The van der Waals surface area contributed by atoms with Crippen LogP contribution >= 0.6 is 0 Å². The fraction of sp³-hybridized carbons (Fsp3) is 0.417. The smallest absolute Gasteiger partial charge is 0.241 e. The van der Waals surface area contributed by atoms with E-state index in [9.17, 15) is 17.6 Å². The molecule has 0 saturated heterocycles. The van der Waals surface area contributed by atoms with Crippen LogP contribution in [0.25, 0.3) is 0 Å². The van der Waals surface area contributed by atoms with Crippen molar-refractivity contribution in [3.05, 3.63) is 23.0 Å². The zero-order valence-electron chi connectivity index (χ0n) is 11.8. The van der Waals surface area contributed by atoms with E-state index >= 15 is 0 Å². The van der Waals surface area contributed by atoms with Gasteiger partial charge in [0, 0.05) is 14.1 Å². The number of nitrogens with zero attached hydrogens (tertiary/aromatic N) is 1. The van der Waals surface area contributed by atoms with Gasteiger partial charge in [-0.2, -0.15) is 0 Å². The number of carbonyl (C=O) groups is 1. The van der Waals surface area contributed by atoms with Gasteiger partial charge in [-0.3, -0.25) is 4.79 Å². The van der Waals surface area contributed by atoms with Crippen molar-refractivity contribution in [2.24, 2.45) is 0 Å². The number of sulfonamides is 1. The summed E-state index contributed by atoms with van der Waals surface area (Å²) in [6.07, 6.45) is 0. The second-order valence-electron chi connectivity index (χ2n) is 4.66. The molecular formula is C12H18FN3O3S. The average molecular weight is 303 g/mol. The molecule has 0 aromatic heterocycles. The monoisotopic (exact) mass is 303 g/mol. The summed E-state index contributed by atoms with van der Waals surface area (Å²) in [6.45, 7) is 2.52. The molecule has 20 heavy (non-hydrogen) atoms. The predicted octanol–water partition coefficient (Wildman–Crippen LogP) is 0.391. The van der Waals surface area contributed by atoms with E-state index in [4.69, 9.17) is 5.73 Å². The highest BCUT2D eigenvalue weighted by molar-refractivity contribution is 7.89. The molecular weight excluding hydrogens is 285 g/mol. The lowest BCUT2D eigenvalue weighted by atomic mass is 10.1. The normalized spacial score (nSPS) is 11.4. The van der Waals surface area contributed by atoms with Crippen LogP contribution in [0.1, 0.15) is 11.1 Å². The summed E-state index contributed by atoms with van der Waals surface area (Å²) in [6, 6.07) is 1.06. The van der Waals surface area contributed by atoms with Gasteiger partial charge < -0.3 is 10.6 Å². The molecule has 0 aliphatic carbocycles. The van der Waals surface area contributed by atoms with Crippen LogP contribution in [0.15, 0.2) is 11.0 Å². The first-order valence-electron chi connectivity index (χ1n) is 5.83. The van der Waals surface area contributed by atoms with Gasteiger partial charge in [0.05, 0.1) is 17.1 Å². The van der Waals surface area contributed by atoms with E-state index in [-0.39, 0.29) is 34.2 Å². The number of nitrogen functional groups attached to an aromatic ring is 1. The van der Waals surface area contributed by atoms with Crippen LogP contribution in [-0.4, -0.2) is 39.9 Å². The van der Waals surface area contributed by atoms with Crippen molar-refractivity contribution in [2.75, 3.05) is 26.4 Å². The highest BCUT2D eigenvalue weighted by Crippen LogP contribution is 2.27. The molecule has 1 amide bonds. The van der Waals surface area contributed by atoms with Gasteiger partial charge in [0.2, 0.25) is 15.9 Å². The molecule has 1 aromatic carbocycles. The number of nitrogens with two attached hydrogens (primary N) is 1. The predicted molar refractivity (Wildman–Crippen MR) is 74.2 cm³/mol. The van der Waals surface area contributed by atoms with Crippen LogP contribution < -0.4 is 10.5 Å². The number of likely N-dealkylation sites (N-methyl/N-ethyl adjacent to an activating group) is 1. The van der Waals surface area contributed by atoms with Crippen LogP contribution in [0.2, 0.25) is 0 Å². The second kappa shape index (κ2) is 5.76. The number of anilines is 1. The van der Waals surface area contributed by atoms with Crippen molar-refractivity contribution in [1.29, 1.82) is 0 Å². The van der Waals surface area contributed by atoms with Crippen molar-refractivity contribution in [3.8, 4) is 0 Å². The summed E-state index contributed by atoms with van der Waals surface area (Å²) in [5.41, 5.74) is 5.66. The minimum Gasteiger partial charge on any atom is -0.396 e. The number of rotatable bonds is 4. The van der Waals surface area contributed by atoms with Crippen LogP contribution in [0.3, 0.4) is 0 Å². The maximum Gasteiger partial charge on any atom is 0.241 e. The zero-order chi connectivity index (χ0) is 15.7. The zero-order valence-corrected chi connectivity index (χ0v) is 12.6. The van der Waals surface area contributed by atoms with Gasteiger partial charge in [0.1, 0.15) is 5.82 Å². The van der Waals surface area contributed by atoms with Crippen molar-refractivity contribution >= 4 is 21.6 Å². The first-order chi connectivity index (χ1) is 9.08. The minimum absolute atomic E-state index is 0.0945. The van der Waals surface area contributed by atoms with Crippen molar-refractivity contribution in [2.45, 2.75) is 18.7 Å². The quantitative estimate of drug-likeness (QED) is 0.787. The molecule has 0 radical (unpaired) electrons. The molecule has 0 spiro atoms. The Bertz CT molecular complexity index is 642. The fourth-order valence-electron chi connectivity index (χ4n) is 1.73. The largest absolute Gasteiger partial charge is 0.396 e. The van der Waals surface area contributed by atoms with E-state index in [0.717, 1.165) is 6.07 Å². The van der Waals surface area contributed by atoms with Crippen LogP contribution in [0.4, 0.5) is 10.1 Å². The van der Waals surface area contributed by atoms with Gasteiger partial charge in [-0.25, -0.2) is 17.5 Å². The highest BCUT2D eigenvalue weighted by Gasteiger charge is 2.23. The van der Waals surface area contributed by atoms with Crippen LogP contribution in [-0.2, 0) is 14.8 Å². The molecule has 0 heterocycles. The summed E-state index contributed by atoms with van der Waals surface area (Å²) in [4.78, 5) is 12.6. The van der Waals surface area contributed by atoms with Crippen LogP contribution in [0, 0.1) is 19.7 Å². The number of benzene rings is 1. The lowest BCUT2D eigenvalue weighted by Crippen LogP contribution is -2.36. The third-order valence-corrected chi connectivity index (χ3v) is 4.57.